The van der Waals surface area contributed by atoms with Gasteiger partial charge in [0.15, 0.2) is 0 Å². The van der Waals surface area contributed by atoms with Crippen LogP contribution in [-0.2, 0) is 7.05 Å². The molecule has 0 amide bonds. The summed E-state index contributed by atoms with van der Waals surface area (Å²) >= 11 is 3.34. The van der Waals surface area contributed by atoms with E-state index in [1.54, 1.807) is 10.7 Å². The van der Waals surface area contributed by atoms with Crippen LogP contribution in [0.15, 0.2) is 34.9 Å². The Bertz CT molecular complexity index is 445. The van der Waals surface area contributed by atoms with Crippen LogP contribution < -0.4 is 0 Å². The third-order valence-corrected chi connectivity index (χ3v) is 2.69. The third kappa shape index (κ3) is 1.70. The predicted octanol–water partition coefficient (Wildman–Crippen LogP) is 2.99. The first kappa shape index (κ1) is 9.40. The quantitative estimate of drug-likeness (QED) is 0.765. The summed E-state index contributed by atoms with van der Waals surface area (Å²) in [4.78, 5) is 0. The number of hydrogen-bond acceptors (Lipinski definition) is 1. The van der Waals surface area contributed by atoms with Crippen molar-refractivity contribution < 1.29 is 4.39 Å². The molecule has 2 aromatic rings. The fourth-order valence-corrected chi connectivity index (χ4v) is 1.53. The second-order valence-corrected chi connectivity index (χ2v) is 3.80. The van der Waals surface area contributed by atoms with Gasteiger partial charge in [0.05, 0.1) is 5.69 Å². The Hall–Kier alpha value is -1.16. The van der Waals surface area contributed by atoms with Gasteiger partial charge in [-0.05, 0) is 34.1 Å². The van der Waals surface area contributed by atoms with Crippen molar-refractivity contribution in [3.8, 4) is 11.3 Å². The van der Waals surface area contributed by atoms with E-state index in [1.807, 2.05) is 19.2 Å². The van der Waals surface area contributed by atoms with Crippen molar-refractivity contribution in [2.24, 2.45) is 7.05 Å². The van der Waals surface area contributed by atoms with Gasteiger partial charge in [-0.25, -0.2) is 4.39 Å². The first-order valence-electron chi connectivity index (χ1n) is 4.12. The van der Waals surface area contributed by atoms with Crippen molar-refractivity contribution >= 4 is 15.9 Å². The monoisotopic (exact) mass is 254 g/mol. The standard InChI is InChI=1S/C10H8BrFN2/c1-14-10(11)6-9(13-14)7-3-2-4-8(12)5-7/h2-6H,1H3. The van der Waals surface area contributed by atoms with E-state index < -0.39 is 0 Å². The summed E-state index contributed by atoms with van der Waals surface area (Å²) in [5, 5.41) is 4.22. The molecule has 0 bridgehead atoms. The maximum Gasteiger partial charge on any atom is 0.123 e. The maximum atomic E-state index is 12.9. The summed E-state index contributed by atoms with van der Waals surface area (Å²) in [5.41, 5.74) is 1.55. The highest BCUT2D eigenvalue weighted by Gasteiger charge is 2.05. The van der Waals surface area contributed by atoms with E-state index >= 15 is 0 Å². The molecule has 0 saturated carbocycles. The van der Waals surface area contributed by atoms with Crippen molar-refractivity contribution in [3.63, 3.8) is 0 Å². The van der Waals surface area contributed by atoms with Crippen LogP contribution in [0.1, 0.15) is 0 Å². The molecule has 14 heavy (non-hydrogen) atoms. The molecule has 0 saturated heterocycles. The average molecular weight is 255 g/mol. The number of nitrogens with zero attached hydrogens (tertiary/aromatic N) is 2. The van der Waals surface area contributed by atoms with Gasteiger partial charge >= 0.3 is 0 Å². The second-order valence-electron chi connectivity index (χ2n) is 2.99. The van der Waals surface area contributed by atoms with Crippen LogP contribution in [0.25, 0.3) is 11.3 Å². The molecule has 1 heterocycles. The van der Waals surface area contributed by atoms with Crippen LogP contribution >= 0.6 is 15.9 Å². The van der Waals surface area contributed by atoms with E-state index in [1.165, 1.54) is 12.1 Å². The van der Waals surface area contributed by atoms with Crippen molar-refractivity contribution in [1.82, 2.24) is 9.78 Å². The molecular formula is C10H8BrFN2. The van der Waals surface area contributed by atoms with Gasteiger partial charge in [-0.15, -0.1) is 0 Å². The maximum absolute atomic E-state index is 12.9. The van der Waals surface area contributed by atoms with E-state index in [2.05, 4.69) is 21.0 Å². The largest absolute Gasteiger partial charge is 0.261 e. The van der Waals surface area contributed by atoms with Gasteiger partial charge < -0.3 is 0 Å². The van der Waals surface area contributed by atoms with Crippen LogP contribution in [-0.4, -0.2) is 9.78 Å². The highest BCUT2D eigenvalue weighted by atomic mass is 79.9. The Kier molecular flexibility index (Phi) is 2.37. The molecule has 72 valence electrons. The zero-order valence-corrected chi connectivity index (χ0v) is 9.12. The van der Waals surface area contributed by atoms with E-state index in [4.69, 9.17) is 0 Å². The summed E-state index contributed by atoms with van der Waals surface area (Å²) in [6.45, 7) is 0. The van der Waals surface area contributed by atoms with E-state index in [-0.39, 0.29) is 5.82 Å². The minimum Gasteiger partial charge on any atom is -0.261 e. The van der Waals surface area contributed by atoms with Crippen LogP contribution in [0, 0.1) is 5.82 Å². The lowest BCUT2D eigenvalue weighted by Crippen LogP contribution is -1.90. The molecule has 1 aromatic carbocycles. The summed E-state index contributed by atoms with van der Waals surface area (Å²) in [6, 6.07) is 8.25. The van der Waals surface area contributed by atoms with Crippen molar-refractivity contribution in [2.75, 3.05) is 0 Å². The molecule has 0 aliphatic heterocycles. The van der Waals surface area contributed by atoms with Crippen molar-refractivity contribution in [3.05, 3.63) is 40.8 Å². The number of aromatic nitrogens is 2. The Morgan fingerprint density at radius 1 is 1.36 bits per heavy atom. The highest BCUT2D eigenvalue weighted by molar-refractivity contribution is 9.10. The number of hydrogen-bond donors (Lipinski definition) is 0. The van der Waals surface area contributed by atoms with E-state index in [9.17, 15) is 4.39 Å². The highest BCUT2D eigenvalue weighted by Crippen LogP contribution is 2.21. The zero-order valence-electron chi connectivity index (χ0n) is 7.54. The molecule has 0 unspecified atom stereocenters. The van der Waals surface area contributed by atoms with Crippen LogP contribution in [0.2, 0.25) is 0 Å². The first-order valence-corrected chi connectivity index (χ1v) is 4.91. The van der Waals surface area contributed by atoms with E-state index in [0.29, 0.717) is 0 Å². The van der Waals surface area contributed by atoms with Gasteiger partial charge in [0.25, 0.3) is 0 Å². The van der Waals surface area contributed by atoms with Crippen molar-refractivity contribution in [1.29, 1.82) is 0 Å². The Labute approximate surface area is 89.5 Å². The Morgan fingerprint density at radius 3 is 2.71 bits per heavy atom. The number of aryl methyl sites for hydroxylation is 1. The van der Waals surface area contributed by atoms with Crippen LogP contribution in [0.3, 0.4) is 0 Å². The topological polar surface area (TPSA) is 17.8 Å². The van der Waals surface area contributed by atoms with Gasteiger partial charge in [0.2, 0.25) is 0 Å². The Morgan fingerprint density at radius 2 is 2.14 bits per heavy atom. The van der Waals surface area contributed by atoms with E-state index in [0.717, 1.165) is 15.9 Å². The minimum atomic E-state index is -0.246. The molecule has 0 atom stereocenters. The number of rotatable bonds is 1. The third-order valence-electron chi connectivity index (χ3n) is 1.94. The summed E-state index contributed by atoms with van der Waals surface area (Å²) in [7, 11) is 1.83. The molecule has 0 aliphatic rings. The Balaban J connectivity index is 2.49. The van der Waals surface area contributed by atoms with Crippen molar-refractivity contribution in [2.45, 2.75) is 0 Å². The van der Waals surface area contributed by atoms with Crippen LogP contribution in [0.4, 0.5) is 4.39 Å². The number of benzene rings is 1. The fraction of sp³-hybridized carbons (Fsp3) is 0.100. The molecule has 2 rings (SSSR count). The lowest BCUT2D eigenvalue weighted by molar-refractivity contribution is 0.628. The van der Waals surface area contributed by atoms with Crippen LogP contribution in [0.5, 0.6) is 0 Å². The van der Waals surface area contributed by atoms with Gasteiger partial charge in [0, 0.05) is 12.6 Å². The summed E-state index contributed by atoms with van der Waals surface area (Å²) in [6.07, 6.45) is 0. The van der Waals surface area contributed by atoms with Gasteiger partial charge in [-0.2, -0.15) is 5.10 Å². The first-order chi connectivity index (χ1) is 6.66. The normalized spacial score (nSPS) is 10.5. The molecule has 0 aliphatic carbocycles. The molecule has 4 heteroatoms. The summed E-state index contributed by atoms with van der Waals surface area (Å²) in [5.74, 6) is -0.246. The smallest absolute Gasteiger partial charge is 0.123 e. The fourth-order valence-electron chi connectivity index (χ4n) is 1.23. The zero-order chi connectivity index (χ0) is 10.1. The lowest BCUT2D eigenvalue weighted by Gasteiger charge is -1.95. The molecule has 2 nitrogen and oxygen atoms in total. The predicted molar refractivity (Wildman–Crippen MR) is 56.3 cm³/mol. The minimum absolute atomic E-state index is 0.246. The molecular weight excluding hydrogens is 247 g/mol. The molecule has 0 spiro atoms. The molecule has 1 aromatic heterocycles. The molecule has 0 N–H and O–H groups in total. The van der Waals surface area contributed by atoms with Gasteiger partial charge in [-0.1, -0.05) is 12.1 Å². The second kappa shape index (κ2) is 3.53. The van der Waals surface area contributed by atoms with Gasteiger partial charge in [-0.3, -0.25) is 4.68 Å². The molecule has 0 radical (unpaired) electrons. The number of halogens is 2. The lowest BCUT2D eigenvalue weighted by atomic mass is 10.1. The summed E-state index contributed by atoms with van der Waals surface area (Å²) < 4.78 is 15.5. The SMILES string of the molecule is Cn1nc(-c2cccc(F)c2)cc1Br. The molecule has 0 fully saturated rings. The average Bonchev–Trinajstić information content (AvgIpc) is 2.47. The van der Waals surface area contributed by atoms with Gasteiger partial charge in [0.1, 0.15) is 10.4 Å².